The molecular formula is C30H23BrN2O6. The largest absolute Gasteiger partial charge is 0.449 e. The van der Waals surface area contributed by atoms with Gasteiger partial charge < -0.3 is 10.1 Å². The predicted octanol–water partition coefficient (Wildman–Crippen LogP) is 6.70. The molecule has 0 spiro atoms. The number of non-ortho nitro benzene ring substituents is 1. The van der Waals surface area contributed by atoms with Crippen molar-refractivity contribution in [1.82, 2.24) is 0 Å². The molecule has 0 aliphatic rings. The molecule has 196 valence electrons. The zero-order valence-corrected chi connectivity index (χ0v) is 22.3. The number of hydrogen-bond acceptors (Lipinski definition) is 6. The minimum absolute atomic E-state index is 0.113. The molecule has 0 saturated carbocycles. The van der Waals surface area contributed by atoms with Crippen LogP contribution >= 0.6 is 15.9 Å². The molecule has 4 rings (SSSR count). The van der Waals surface area contributed by atoms with E-state index in [1.165, 1.54) is 30.3 Å². The molecule has 0 radical (unpaired) electrons. The van der Waals surface area contributed by atoms with Crippen LogP contribution in [0.2, 0.25) is 0 Å². The van der Waals surface area contributed by atoms with E-state index in [9.17, 15) is 24.5 Å². The van der Waals surface area contributed by atoms with Gasteiger partial charge in [-0.3, -0.25) is 19.7 Å². The summed E-state index contributed by atoms with van der Waals surface area (Å²) in [6.45, 7) is 1.88. The van der Waals surface area contributed by atoms with E-state index in [1.54, 1.807) is 66.7 Å². The number of nitro groups is 1. The van der Waals surface area contributed by atoms with Crippen LogP contribution in [0.5, 0.6) is 0 Å². The van der Waals surface area contributed by atoms with E-state index in [4.69, 9.17) is 4.74 Å². The zero-order valence-electron chi connectivity index (χ0n) is 20.7. The van der Waals surface area contributed by atoms with Crippen molar-refractivity contribution in [3.05, 3.63) is 141 Å². The lowest BCUT2D eigenvalue weighted by Gasteiger charge is -2.22. The fourth-order valence-corrected chi connectivity index (χ4v) is 4.53. The summed E-state index contributed by atoms with van der Waals surface area (Å²) in [4.78, 5) is 49.2. The fourth-order valence-electron chi connectivity index (χ4n) is 3.89. The van der Waals surface area contributed by atoms with Gasteiger partial charge in [-0.1, -0.05) is 82.2 Å². The number of ketones is 1. The molecule has 9 heteroatoms. The molecule has 0 aliphatic carbocycles. The minimum atomic E-state index is -1.34. The molecule has 2 atom stereocenters. The Balaban J connectivity index is 1.60. The maximum Gasteiger partial charge on any atom is 0.338 e. The van der Waals surface area contributed by atoms with Crippen molar-refractivity contribution < 1.29 is 24.0 Å². The first-order chi connectivity index (χ1) is 18.7. The van der Waals surface area contributed by atoms with Crippen molar-refractivity contribution in [3.8, 4) is 0 Å². The first-order valence-corrected chi connectivity index (χ1v) is 12.8. The SMILES string of the molecule is Cc1cccc(C(=O)Nc2cccc(C(=O)O[C@@H](C(=O)c3ccccc3)[C@@H](Br)c3cccc([N+](=O)[O-])c3)c2)c1. The number of aryl methyl sites for hydroxylation is 1. The van der Waals surface area contributed by atoms with Crippen LogP contribution in [0, 0.1) is 17.0 Å². The summed E-state index contributed by atoms with van der Waals surface area (Å²) >= 11 is 3.44. The Morgan fingerprint density at radius 2 is 1.49 bits per heavy atom. The topological polar surface area (TPSA) is 116 Å². The van der Waals surface area contributed by atoms with Crippen molar-refractivity contribution in [2.45, 2.75) is 17.9 Å². The van der Waals surface area contributed by atoms with Crippen molar-refractivity contribution in [2.75, 3.05) is 5.32 Å². The van der Waals surface area contributed by atoms with Crippen molar-refractivity contribution in [2.24, 2.45) is 0 Å². The maximum absolute atomic E-state index is 13.4. The molecule has 0 fully saturated rings. The zero-order chi connectivity index (χ0) is 27.9. The fraction of sp³-hybridized carbons (Fsp3) is 0.100. The van der Waals surface area contributed by atoms with E-state index in [1.807, 2.05) is 13.0 Å². The van der Waals surface area contributed by atoms with Crippen molar-refractivity contribution in [3.63, 3.8) is 0 Å². The summed E-state index contributed by atoms with van der Waals surface area (Å²) in [5.41, 5.74) is 2.43. The second kappa shape index (κ2) is 12.3. The van der Waals surface area contributed by atoms with Crippen LogP contribution in [0.3, 0.4) is 0 Å². The standard InChI is InChI=1S/C30H23BrN2O6/c1-19-8-5-12-22(16-19)29(35)32-24-14-6-13-23(17-24)30(36)39-28(27(34)20-9-3-2-4-10-20)26(31)21-11-7-15-25(18-21)33(37)38/h2-18,26,28H,1H3,(H,32,35)/t26-,28+/m0/s1. The minimum Gasteiger partial charge on any atom is -0.449 e. The average molecular weight is 587 g/mol. The van der Waals surface area contributed by atoms with Gasteiger partial charge in [0.1, 0.15) is 0 Å². The number of halogens is 1. The number of nitrogens with one attached hydrogen (secondary N) is 1. The van der Waals surface area contributed by atoms with E-state index in [0.29, 0.717) is 22.4 Å². The van der Waals surface area contributed by atoms with E-state index >= 15 is 0 Å². The van der Waals surface area contributed by atoms with Crippen LogP contribution < -0.4 is 5.32 Å². The summed E-state index contributed by atoms with van der Waals surface area (Å²) in [7, 11) is 0. The van der Waals surface area contributed by atoms with Gasteiger partial charge in [-0.25, -0.2) is 4.79 Å². The number of amides is 1. The van der Waals surface area contributed by atoms with Gasteiger partial charge in [-0.05, 0) is 42.8 Å². The summed E-state index contributed by atoms with van der Waals surface area (Å²) in [6, 6.07) is 27.3. The molecule has 39 heavy (non-hydrogen) atoms. The Morgan fingerprint density at radius 1 is 0.821 bits per heavy atom. The van der Waals surface area contributed by atoms with Crippen LogP contribution in [-0.2, 0) is 4.74 Å². The molecule has 0 heterocycles. The lowest BCUT2D eigenvalue weighted by atomic mass is 9.99. The number of carbonyl (C=O) groups excluding carboxylic acids is 3. The van der Waals surface area contributed by atoms with Gasteiger partial charge in [0.15, 0.2) is 6.10 Å². The number of nitro benzene ring substituents is 1. The Morgan fingerprint density at radius 3 is 2.21 bits per heavy atom. The van der Waals surface area contributed by atoms with E-state index < -0.39 is 27.6 Å². The van der Waals surface area contributed by atoms with E-state index in [-0.39, 0.29) is 17.2 Å². The Kier molecular flexibility index (Phi) is 8.63. The van der Waals surface area contributed by atoms with Crippen LogP contribution in [0.15, 0.2) is 103 Å². The van der Waals surface area contributed by atoms with Crippen molar-refractivity contribution >= 4 is 45.0 Å². The van der Waals surface area contributed by atoms with Crippen LogP contribution in [0.1, 0.15) is 47.0 Å². The summed E-state index contributed by atoms with van der Waals surface area (Å²) in [6.07, 6.45) is -1.34. The molecule has 1 amide bonds. The lowest BCUT2D eigenvalue weighted by molar-refractivity contribution is -0.384. The molecule has 4 aromatic rings. The summed E-state index contributed by atoms with van der Waals surface area (Å²) < 4.78 is 5.71. The Labute approximate surface area is 232 Å². The molecule has 8 nitrogen and oxygen atoms in total. The molecule has 0 bridgehead atoms. The lowest BCUT2D eigenvalue weighted by Crippen LogP contribution is -2.31. The molecule has 0 aromatic heterocycles. The second-order valence-electron chi connectivity index (χ2n) is 8.71. The van der Waals surface area contributed by atoms with Gasteiger partial charge in [0.05, 0.1) is 15.3 Å². The van der Waals surface area contributed by atoms with Gasteiger partial charge in [-0.2, -0.15) is 0 Å². The molecule has 1 N–H and O–H groups in total. The van der Waals surface area contributed by atoms with Crippen LogP contribution in [0.4, 0.5) is 11.4 Å². The molecule has 0 saturated heterocycles. The number of anilines is 1. The summed E-state index contributed by atoms with van der Waals surface area (Å²) in [5, 5.41) is 14.0. The number of ether oxygens (including phenoxy) is 1. The van der Waals surface area contributed by atoms with Gasteiger partial charge in [0, 0.05) is 28.9 Å². The number of nitrogens with zero attached hydrogens (tertiary/aromatic N) is 1. The third kappa shape index (κ3) is 6.82. The number of Topliss-reactive ketones (excluding diaryl/α,β-unsaturated/α-hetero) is 1. The second-order valence-corrected chi connectivity index (χ2v) is 9.70. The summed E-state index contributed by atoms with van der Waals surface area (Å²) in [5.74, 6) is -1.63. The average Bonchev–Trinajstić information content (AvgIpc) is 2.95. The van der Waals surface area contributed by atoms with Crippen LogP contribution in [0.25, 0.3) is 0 Å². The highest BCUT2D eigenvalue weighted by atomic mass is 79.9. The number of carbonyl (C=O) groups is 3. The van der Waals surface area contributed by atoms with Gasteiger partial charge >= 0.3 is 5.97 Å². The number of alkyl halides is 1. The smallest absolute Gasteiger partial charge is 0.338 e. The Bertz CT molecular complexity index is 1540. The third-order valence-electron chi connectivity index (χ3n) is 5.85. The quantitative estimate of drug-likeness (QED) is 0.0766. The maximum atomic E-state index is 13.4. The van der Waals surface area contributed by atoms with Gasteiger partial charge in [0.2, 0.25) is 5.78 Å². The predicted molar refractivity (Wildman–Crippen MR) is 150 cm³/mol. The number of rotatable bonds is 9. The van der Waals surface area contributed by atoms with E-state index in [2.05, 4.69) is 21.2 Å². The van der Waals surface area contributed by atoms with Gasteiger partial charge in [-0.15, -0.1) is 0 Å². The monoisotopic (exact) mass is 586 g/mol. The molecular weight excluding hydrogens is 564 g/mol. The number of hydrogen-bond donors (Lipinski definition) is 1. The molecule has 0 unspecified atom stereocenters. The van der Waals surface area contributed by atoms with Crippen molar-refractivity contribution in [1.29, 1.82) is 0 Å². The highest BCUT2D eigenvalue weighted by molar-refractivity contribution is 9.09. The molecule has 4 aromatic carbocycles. The highest BCUT2D eigenvalue weighted by Crippen LogP contribution is 2.33. The third-order valence-corrected chi connectivity index (χ3v) is 6.86. The number of benzene rings is 4. The Hall–Kier alpha value is -4.63. The van der Waals surface area contributed by atoms with Crippen LogP contribution in [-0.4, -0.2) is 28.7 Å². The van der Waals surface area contributed by atoms with E-state index in [0.717, 1.165) is 5.56 Å². The van der Waals surface area contributed by atoms with Gasteiger partial charge in [0.25, 0.3) is 11.6 Å². The highest BCUT2D eigenvalue weighted by Gasteiger charge is 2.33. The normalized spacial score (nSPS) is 12.2. The first-order valence-electron chi connectivity index (χ1n) is 11.9. The first kappa shape index (κ1) is 27.4. The molecule has 0 aliphatic heterocycles. The number of esters is 1.